The van der Waals surface area contributed by atoms with Crippen LogP contribution in [0.2, 0.25) is 0 Å². The zero-order valence-electron chi connectivity index (χ0n) is 13.4. The highest BCUT2D eigenvalue weighted by Gasteiger charge is 2.60. The number of primary amides is 1. The molecule has 3 N–H and O–H groups in total. The molecule has 4 atom stereocenters. The van der Waals surface area contributed by atoms with Gasteiger partial charge in [0, 0.05) is 25.0 Å². The molecule has 2 aliphatic rings. The Morgan fingerprint density at radius 1 is 1.33 bits per heavy atom. The number of nitrogens with two attached hydrogens (primary N) is 1. The minimum absolute atomic E-state index is 0.0232. The lowest BCUT2D eigenvalue weighted by Gasteiger charge is -2.60. The van der Waals surface area contributed by atoms with Crippen molar-refractivity contribution in [3.63, 3.8) is 0 Å². The molecular weight excluding hydrogens is 270 g/mol. The molecule has 0 bridgehead atoms. The Hall–Kier alpha value is -1.14. The van der Waals surface area contributed by atoms with E-state index in [1.54, 1.807) is 6.92 Å². The Morgan fingerprint density at radius 2 is 1.95 bits per heavy atom. The number of carbonyl (C=O) groups is 2. The van der Waals surface area contributed by atoms with Crippen molar-refractivity contribution >= 4 is 11.8 Å². The monoisotopic (exact) mass is 297 g/mol. The molecule has 2 heterocycles. The molecule has 6 nitrogen and oxygen atoms in total. The third-order valence-corrected chi connectivity index (χ3v) is 5.13. The fourth-order valence-corrected chi connectivity index (χ4v) is 3.94. The van der Waals surface area contributed by atoms with Gasteiger partial charge in [-0.1, -0.05) is 13.8 Å². The summed E-state index contributed by atoms with van der Waals surface area (Å²) in [6, 6.07) is -0.642. The maximum Gasteiger partial charge on any atom is 0.237 e. The van der Waals surface area contributed by atoms with E-state index in [0.29, 0.717) is 6.54 Å². The summed E-state index contributed by atoms with van der Waals surface area (Å²) in [4.78, 5) is 27.9. The minimum Gasteiger partial charge on any atom is -0.391 e. The van der Waals surface area contributed by atoms with Crippen LogP contribution in [0.1, 0.15) is 40.5 Å². The first kappa shape index (κ1) is 16.2. The fourth-order valence-electron chi connectivity index (χ4n) is 3.94. The summed E-state index contributed by atoms with van der Waals surface area (Å²) in [5.41, 5.74) is 5.23. The molecule has 0 aromatic carbocycles. The van der Waals surface area contributed by atoms with Crippen molar-refractivity contribution in [2.45, 2.75) is 64.3 Å². The summed E-state index contributed by atoms with van der Waals surface area (Å²) in [7, 11) is 0. The number of amides is 2. The van der Waals surface area contributed by atoms with Crippen LogP contribution in [0, 0.1) is 5.92 Å². The molecule has 0 aromatic rings. The zero-order valence-corrected chi connectivity index (χ0v) is 13.4. The molecule has 2 saturated heterocycles. The lowest BCUT2D eigenvalue weighted by Crippen LogP contribution is -2.78. The largest absolute Gasteiger partial charge is 0.391 e. The highest BCUT2D eigenvalue weighted by atomic mass is 16.3. The van der Waals surface area contributed by atoms with E-state index in [1.165, 1.54) is 0 Å². The first-order chi connectivity index (χ1) is 9.72. The van der Waals surface area contributed by atoms with E-state index in [2.05, 4.69) is 0 Å². The van der Waals surface area contributed by atoms with Gasteiger partial charge in [-0.3, -0.25) is 14.5 Å². The number of aliphatic hydroxyl groups excluding tert-OH is 1. The van der Waals surface area contributed by atoms with Crippen molar-refractivity contribution in [1.29, 1.82) is 0 Å². The number of rotatable bonds is 4. The van der Waals surface area contributed by atoms with Crippen LogP contribution in [-0.4, -0.2) is 63.5 Å². The van der Waals surface area contributed by atoms with Gasteiger partial charge >= 0.3 is 0 Å². The van der Waals surface area contributed by atoms with Crippen LogP contribution in [-0.2, 0) is 9.59 Å². The van der Waals surface area contributed by atoms with Crippen LogP contribution in [0.5, 0.6) is 0 Å². The van der Waals surface area contributed by atoms with E-state index in [4.69, 9.17) is 5.73 Å². The summed E-state index contributed by atoms with van der Waals surface area (Å²) in [5, 5.41) is 9.81. The van der Waals surface area contributed by atoms with Crippen molar-refractivity contribution in [1.82, 2.24) is 9.80 Å². The number of aliphatic hydroxyl groups is 1. The Bertz CT molecular complexity index is 438. The Balaban J connectivity index is 2.17. The molecule has 21 heavy (non-hydrogen) atoms. The molecule has 0 aromatic heterocycles. The van der Waals surface area contributed by atoms with E-state index in [0.717, 1.165) is 19.4 Å². The number of likely N-dealkylation sites (tertiary alicyclic amines) is 2. The van der Waals surface area contributed by atoms with Gasteiger partial charge in [0.1, 0.15) is 6.04 Å². The Kier molecular flexibility index (Phi) is 4.31. The quantitative estimate of drug-likeness (QED) is 0.761. The molecule has 6 heteroatoms. The number of hydrogen-bond acceptors (Lipinski definition) is 4. The first-order valence-corrected chi connectivity index (χ1v) is 7.77. The molecule has 2 amide bonds. The Labute approximate surface area is 126 Å². The highest BCUT2D eigenvalue weighted by Crippen LogP contribution is 2.44. The van der Waals surface area contributed by atoms with Gasteiger partial charge in [0.05, 0.1) is 11.6 Å². The van der Waals surface area contributed by atoms with Crippen LogP contribution < -0.4 is 5.73 Å². The summed E-state index contributed by atoms with van der Waals surface area (Å²) in [6.45, 7) is 8.83. The molecule has 2 rings (SSSR count). The summed E-state index contributed by atoms with van der Waals surface area (Å²) in [5.74, 6) is -0.358. The lowest BCUT2D eigenvalue weighted by molar-refractivity contribution is -0.164. The Morgan fingerprint density at radius 3 is 2.38 bits per heavy atom. The second kappa shape index (κ2) is 5.57. The number of carbonyl (C=O) groups excluding carboxylic acids is 2. The van der Waals surface area contributed by atoms with E-state index >= 15 is 0 Å². The van der Waals surface area contributed by atoms with Crippen LogP contribution in [0.4, 0.5) is 0 Å². The van der Waals surface area contributed by atoms with Crippen LogP contribution >= 0.6 is 0 Å². The van der Waals surface area contributed by atoms with Gasteiger partial charge < -0.3 is 15.7 Å². The van der Waals surface area contributed by atoms with Crippen molar-refractivity contribution in [2.75, 3.05) is 13.1 Å². The molecule has 1 spiro atoms. The smallest absolute Gasteiger partial charge is 0.237 e. The average Bonchev–Trinajstić information content (AvgIpc) is 2.82. The average molecular weight is 297 g/mol. The third-order valence-electron chi connectivity index (χ3n) is 5.13. The number of hydrogen-bond donors (Lipinski definition) is 2. The lowest BCUT2D eigenvalue weighted by atomic mass is 9.76. The SMILES string of the molecule is CC(C)C(=O)N1CCCC12CN([C@H](C(N)=O)[C@@H](C)O)C2C. The van der Waals surface area contributed by atoms with Gasteiger partial charge in [-0.05, 0) is 26.7 Å². The maximum atomic E-state index is 12.4. The molecule has 0 aliphatic carbocycles. The molecule has 2 aliphatic heterocycles. The second-order valence-corrected chi connectivity index (χ2v) is 6.79. The molecule has 0 saturated carbocycles. The second-order valence-electron chi connectivity index (χ2n) is 6.79. The predicted octanol–water partition coefficient (Wildman–Crippen LogP) is -0.0576. The van der Waals surface area contributed by atoms with Gasteiger partial charge in [0.25, 0.3) is 0 Å². The topological polar surface area (TPSA) is 86.9 Å². The van der Waals surface area contributed by atoms with Gasteiger partial charge in [-0.25, -0.2) is 0 Å². The maximum absolute atomic E-state index is 12.4. The molecule has 120 valence electrons. The van der Waals surface area contributed by atoms with Gasteiger partial charge in [-0.15, -0.1) is 0 Å². The minimum atomic E-state index is -0.807. The van der Waals surface area contributed by atoms with E-state index in [9.17, 15) is 14.7 Å². The van der Waals surface area contributed by atoms with Crippen molar-refractivity contribution < 1.29 is 14.7 Å². The van der Waals surface area contributed by atoms with Gasteiger partial charge in [0.2, 0.25) is 11.8 Å². The predicted molar refractivity (Wildman–Crippen MR) is 79.3 cm³/mol. The normalized spacial score (nSPS) is 32.3. The summed E-state index contributed by atoms with van der Waals surface area (Å²) < 4.78 is 0. The van der Waals surface area contributed by atoms with Crippen LogP contribution in [0.25, 0.3) is 0 Å². The van der Waals surface area contributed by atoms with Crippen molar-refractivity contribution in [2.24, 2.45) is 11.7 Å². The molecular formula is C15H27N3O3. The van der Waals surface area contributed by atoms with Crippen molar-refractivity contribution in [3.8, 4) is 0 Å². The molecule has 0 radical (unpaired) electrons. The van der Waals surface area contributed by atoms with Crippen LogP contribution in [0.15, 0.2) is 0 Å². The standard InChI is InChI=1S/C15H27N3O3/c1-9(2)14(21)18-7-5-6-15(18)8-17(11(15)4)12(10(3)19)13(16)20/h9-12,19H,5-8H2,1-4H3,(H2,16,20)/t10-,11?,12+,15?/m1/s1. The first-order valence-electron chi connectivity index (χ1n) is 7.77. The van der Waals surface area contributed by atoms with E-state index in [1.807, 2.05) is 30.6 Å². The molecule has 2 unspecified atom stereocenters. The summed E-state index contributed by atoms with van der Waals surface area (Å²) >= 11 is 0. The van der Waals surface area contributed by atoms with Gasteiger partial charge in [0.15, 0.2) is 0 Å². The molecule has 2 fully saturated rings. The fraction of sp³-hybridized carbons (Fsp3) is 0.867. The van der Waals surface area contributed by atoms with E-state index < -0.39 is 18.1 Å². The van der Waals surface area contributed by atoms with E-state index in [-0.39, 0.29) is 23.4 Å². The van der Waals surface area contributed by atoms with Crippen molar-refractivity contribution in [3.05, 3.63) is 0 Å². The summed E-state index contributed by atoms with van der Waals surface area (Å²) in [6.07, 6.45) is 1.14. The third kappa shape index (κ3) is 2.44. The van der Waals surface area contributed by atoms with Crippen LogP contribution in [0.3, 0.4) is 0 Å². The number of nitrogens with zero attached hydrogens (tertiary/aromatic N) is 2. The highest BCUT2D eigenvalue weighted by molar-refractivity contribution is 5.82. The zero-order chi connectivity index (χ0) is 15.9. The van der Waals surface area contributed by atoms with Gasteiger partial charge in [-0.2, -0.15) is 0 Å².